The van der Waals surface area contributed by atoms with Gasteiger partial charge in [0.05, 0.1) is 13.2 Å². The molecule has 1 saturated heterocycles. The highest BCUT2D eigenvalue weighted by Crippen LogP contribution is 2.36. The van der Waals surface area contributed by atoms with Crippen LogP contribution in [-0.2, 0) is 9.53 Å². The molecule has 4 rings (SSSR count). The second kappa shape index (κ2) is 11.5. The number of anilines is 1. The number of nitrogens with zero attached hydrogens (tertiary/aromatic N) is 2. The maximum atomic E-state index is 12.8. The summed E-state index contributed by atoms with van der Waals surface area (Å²) in [6.07, 6.45) is 0. The average Bonchev–Trinajstić information content (AvgIpc) is 3.28. The summed E-state index contributed by atoms with van der Waals surface area (Å²) in [6.45, 7) is 4.43. The number of hydrogen-bond acceptors (Lipinski definition) is 6. The standard InChI is InChI=1S/C26H26ClN3O4S/c1-2-34-26(33)23-21(18-8-10-20(27)11-9-18)17-35-24(23)28-22(31)16-29-12-14-30(15-13-29)25(32)19-6-4-3-5-7-19/h3-11,17H,2,12-16H2,1H3,(H,28,31). The summed E-state index contributed by atoms with van der Waals surface area (Å²) >= 11 is 7.29. The first kappa shape index (κ1) is 24.9. The number of carbonyl (C=O) groups excluding carboxylic acids is 3. The lowest BCUT2D eigenvalue weighted by Crippen LogP contribution is -2.50. The zero-order valence-corrected chi connectivity index (χ0v) is 20.9. The number of piperazine rings is 1. The van der Waals surface area contributed by atoms with E-state index in [2.05, 4.69) is 5.32 Å². The number of esters is 1. The summed E-state index contributed by atoms with van der Waals surface area (Å²) in [5.41, 5.74) is 2.51. The van der Waals surface area contributed by atoms with Gasteiger partial charge in [-0.2, -0.15) is 0 Å². The van der Waals surface area contributed by atoms with E-state index in [9.17, 15) is 14.4 Å². The largest absolute Gasteiger partial charge is 0.462 e. The van der Waals surface area contributed by atoms with Crippen molar-refractivity contribution < 1.29 is 19.1 Å². The van der Waals surface area contributed by atoms with Gasteiger partial charge in [-0.1, -0.05) is 41.9 Å². The third-order valence-corrected chi connectivity index (χ3v) is 6.87. The van der Waals surface area contributed by atoms with Crippen molar-refractivity contribution in [3.8, 4) is 11.1 Å². The summed E-state index contributed by atoms with van der Waals surface area (Å²) in [7, 11) is 0. The van der Waals surface area contributed by atoms with Crippen LogP contribution in [0.1, 0.15) is 27.6 Å². The lowest BCUT2D eigenvalue weighted by molar-refractivity contribution is -0.117. The van der Waals surface area contributed by atoms with Gasteiger partial charge in [-0.25, -0.2) is 4.79 Å². The first-order valence-electron chi connectivity index (χ1n) is 11.4. The van der Waals surface area contributed by atoms with Gasteiger partial charge in [-0.15, -0.1) is 11.3 Å². The number of hydrogen-bond donors (Lipinski definition) is 1. The second-order valence-corrected chi connectivity index (χ2v) is 9.38. The minimum absolute atomic E-state index is 0.00194. The molecule has 7 nitrogen and oxygen atoms in total. The van der Waals surface area contributed by atoms with Gasteiger partial charge in [0.15, 0.2) is 0 Å². The zero-order valence-electron chi connectivity index (χ0n) is 19.3. The normalized spacial score (nSPS) is 13.9. The Bertz CT molecular complexity index is 1190. The second-order valence-electron chi connectivity index (χ2n) is 8.06. The molecule has 9 heteroatoms. The molecule has 2 aromatic carbocycles. The molecule has 2 amide bonds. The van der Waals surface area contributed by atoms with Gasteiger partial charge < -0.3 is 15.0 Å². The molecule has 1 aliphatic rings. The van der Waals surface area contributed by atoms with Crippen LogP contribution in [0.25, 0.3) is 11.1 Å². The molecule has 0 aliphatic carbocycles. The van der Waals surface area contributed by atoms with E-state index in [1.165, 1.54) is 11.3 Å². The van der Waals surface area contributed by atoms with E-state index in [0.717, 1.165) is 5.56 Å². The molecule has 0 saturated carbocycles. The van der Waals surface area contributed by atoms with Crippen LogP contribution in [0.3, 0.4) is 0 Å². The molecule has 3 aromatic rings. The molecule has 0 bridgehead atoms. The Hall–Kier alpha value is -3.20. The summed E-state index contributed by atoms with van der Waals surface area (Å²) in [6, 6.07) is 16.4. The quantitative estimate of drug-likeness (QED) is 0.467. The van der Waals surface area contributed by atoms with Crippen molar-refractivity contribution in [1.82, 2.24) is 9.80 Å². The van der Waals surface area contributed by atoms with Gasteiger partial charge in [-0.3, -0.25) is 14.5 Å². The van der Waals surface area contributed by atoms with Gasteiger partial charge in [-0.05, 0) is 36.8 Å². The maximum Gasteiger partial charge on any atom is 0.341 e. The highest BCUT2D eigenvalue weighted by molar-refractivity contribution is 7.15. The summed E-state index contributed by atoms with van der Waals surface area (Å²) in [5, 5.41) is 5.77. The highest BCUT2D eigenvalue weighted by Gasteiger charge is 2.26. The van der Waals surface area contributed by atoms with E-state index in [0.29, 0.717) is 52.9 Å². The van der Waals surface area contributed by atoms with Gasteiger partial charge in [0.1, 0.15) is 10.6 Å². The number of benzene rings is 2. The Kier molecular flexibility index (Phi) is 8.17. The topological polar surface area (TPSA) is 79.0 Å². The Labute approximate surface area is 213 Å². The summed E-state index contributed by atoms with van der Waals surface area (Å²) in [4.78, 5) is 42.0. The minimum Gasteiger partial charge on any atom is -0.462 e. The monoisotopic (exact) mass is 511 g/mol. The first-order valence-corrected chi connectivity index (χ1v) is 12.6. The van der Waals surface area contributed by atoms with Crippen LogP contribution < -0.4 is 5.32 Å². The highest BCUT2D eigenvalue weighted by atomic mass is 35.5. The van der Waals surface area contributed by atoms with E-state index in [1.54, 1.807) is 24.0 Å². The predicted octanol–water partition coefficient (Wildman–Crippen LogP) is 4.64. The molecule has 0 radical (unpaired) electrons. The molecular weight excluding hydrogens is 486 g/mol. The molecule has 0 unspecified atom stereocenters. The molecule has 1 N–H and O–H groups in total. The Morgan fingerprint density at radius 2 is 1.69 bits per heavy atom. The van der Waals surface area contributed by atoms with Crippen molar-refractivity contribution in [2.45, 2.75) is 6.92 Å². The molecular formula is C26H26ClN3O4S. The molecule has 2 heterocycles. The van der Waals surface area contributed by atoms with Gasteiger partial charge in [0, 0.05) is 47.7 Å². The fourth-order valence-corrected chi connectivity index (χ4v) is 5.04. The minimum atomic E-state index is -0.484. The van der Waals surface area contributed by atoms with Crippen LogP contribution in [0.15, 0.2) is 60.0 Å². The number of amides is 2. The molecule has 1 fully saturated rings. The predicted molar refractivity (Wildman–Crippen MR) is 138 cm³/mol. The van der Waals surface area contributed by atoms with Crippen molar-refractivity contribution in [1.29, 1.82) is 0 Å². The van der Waals surface area contributed by atoms with Gasteiger partial charge in [0.25, 0.3) is 5.91 Å². The SMILES string of the molecule is CCOC(=O)c1c(-c2ccc(Cl)cc2)csc1NC(=O)CN1CCN(C(=O)c2ccccc2)CC1. The molecule has 35 heavy (non-hydrogen) atoms. The summed E-state index contributed by atoms with van der Waals surface area (Å²) < 4.78 is 5.26. The van der Waals surface area contributed by atoms with E-state index in [1.807, 2.05) is 52.7 Å². The fourth-order valence-electron chi connectivity index (χ4n) is 3.94. The third-order valence-electron chi connectivity index (χ3n) is 5.73. The number of rotatable bonds is 7. The molecule has 1 aliphatic heterocycles. The molecule has 0 atom stereocenters. The molecule has 182 valence electrons. The Morgan fingerprint density at radius 3 is 2.34 bits per heavy atom. The van der Waals surface area contributed by atoms with Crippen LogP contribution >= 0.6 is 22.9 Å². The van der Waals surface area contributed by atoms with E-state index in [-0.39, 0.29) is 25.0 Å². The number of carbonyl (C=O) groups is 3. The van der Waals surface area contributed by atoms with Crippen molar-refractivity contribution in [2.24, 2.45) is 0 Å². The molecule has 1 aromatic heterocycles. The third kappa shape index (κ3) is 6.08. The Morgan fingerprint density at radius 1 is 1.00 bits per heavy atom. The van der Waals surface area contributed by atoms with Crippen LogP contribution in [0.2, 0.25) is 5.02 Å². The van der Waals surface area contributed by atoms with Crippen LogP contribution in [-0.4, -0.2) is 66.9 Å². The average molecular weight is 512 g/mol. The van der Waals surface area contributed by atoms with Crippen molar-refractivity contribution >= 4 is 45.7 Å². The van der Waals surface area contributed by atoms with Gasteiger partial charge >= 0.3 is 5.97 Å². The number of halogens is 1. The Balaban J connectivity index is 1.39. The first-order chi connectivity index (χ1) is 17.0. The van der Waals surface area contributed by atoms with E-state index >= 15 is 0 Å². The lowest BCUT2D eigenvalue weighted by atomic mass is 10.0. The maximum absolute atomic E-state index is 12.8. The van der Waals surface area contributed by atoms with E-state index in [4.69, 9.17) is 16.3 Å². The van der Waals surface area contributed by atoms with Gasteiger partial charge in [0.2, 0.25) is 5.91 Å². The van der Waals surface area contributed by atoms with Crippen molar-refractivity contribution in [3.05, 3.63) is 76.1 Å². The number of ether oxygens (including phenoxy) is 1. The number of thiophene rings is 1. The fraction of sp³-hybridized carbons (Fsp3) is 0.269. The smallest absolute Gasteiger partial charge is 0.341 e. The van der Waals surface area contributed by atoms with Crippen LogP contribution in [0.4, 0.5) is 5.00 Å². The van der Waals surface area contributed by atoms with Crippen molar-refractivity contribution in [3.63, 3.8) is 0 Å². The number of nitrogens with one attached hydrogen (secondary N) is 1. The lowest BCUT2D eigenvalue weighted by Gasteiger charge is -2.34. The van der Waals surface area contributed by atoms with E-state index < -0.39 is 5.97 Å². The van der Waals surface area contributed by atoms with Crippen molar-refractivity contribution in [2.75, 3.05) is 44.6 Å². The van der Waals surface area contributed by atoms with Crippen LogP contribution in [0.5, 0.6) is 0 Å². The van der Waals surface area contributed by atoms with Crippen LogP contribution in [0, 0.1) is 0 Å². The molecule has 0 spiro atoms. The summed E-state index contributed by atoms with van der Waals surface area (Å²) in [5.74, 6) is -0.702. The zero-order chi connectivity index (χ0) is 24.8.